The molecule has 5 rings (SSSR count). The molecule has 5 nitrogen and oxygen atoms in total. The molecule has 6 heteroatoms. The molecule has 1 aromatic rings. The van der Waals surface area contributed by atoms with Gasteiger partial charge in [0.25, 0.3) is 0 Å². The van der Waals surface area contributed by atoms with E-state index in [-0.39, 0.29) is 18.0 Å². The molecule has 4 unspecified atom stereocenters. The molecule has 2 heterocycles. The molecule has 1 saturated heterocycles. The smallest absolute Gasteiger partial charge is 0.330 e. The third kappa shape index (κ3) is 2.13. The van der Waals surface area contributed by atoms with Gasteiger partial charge in [-0.15, -0.1) is 0 Å². The average Bonchev–Trinajstić information content (AvgIpc) is 3.03. The minimum absolute atomic E-state index is 0.116. The quantitative estimate of drug-likeness (QED) is 0.760. The maximum Gasteiger partial charge on any atom is 0.330 e. The standard InChI is InChI=1S/C20H23ClN2O3/c1-2-25-19(24)20(23-9-3-4-10-23)15-11-14(15)16-17(22-26-18(16)20)12-5-7-13(21)8-6-12/h5-8,14-16,18H,2-4,9-11H2,1H3/t14?,15?,16?,18?,20-/m1/s1. The minimum atomic E-state index is -0.667. The Morgan fingerprint density at radius 1 is 1.35 bits per heavy atom. The first-order valence-electron chi connectivity index (χ1n) is 9.59. The predicted octanol–water partition coefficient (Wildman–Crippen LogP) is 3.11. The molecule has 26 heavy (non-hydrogen) atoms. The largest absolute Gasteiger partial charge is 0.464 e. The van der Waals surface area contributed by atoms with Gasteiger partial charge in [-0.1, -0.05) is 28.9 Å². The van der Waals surface area contributed by atoms with E-state index in [0.29, 0.717) is 23.5 Å². The van der Waals surface area contributed by atoms with Crippen molar-refractivity contribution in [3.05, 3.63) is 34.9 Å². The van der Waals surface area contributed by atoms with Crippen LogP contribution < -0.4 is 0 Å². The first-order chi connectivity index (χ1) is 12.7. The van der Waals surface area contributed by atoms with E-state index in [0.717, 1.165) is 43.6 Å². The number of oxime groups is 1. The summed E-state index contributed by atoms with van der Waals surface area (Å²) in [5.41, 5.74) is 1.33. The third-order valence-corrected chi connectivity index (χ3v) is 6.83. The van der Waals surface area contributed by atoms with Crippen LogP contribution in [-0.2, 0) is 14.4 Å². The molecule has 0 radical (unpaired) electrons. The van der Waals surface area contributed by atoms with Gasteiger partial charge in [-0.05, 0) is 68.8 Å². The topological polar surface area (TPSA) is 51.1 Å². The normalized spacial score (nSPS) is 37.7. The Labute approximate surface area is 158 Å². The van der Waals surface area contributed by atoms with Crippen LogP contribution in [0.5, 0.6) is 0 Å². The molecule has 4 aliphatic rings. The highest BCUT2D eigenvalue weighted by Gasteiger charge is 2.78. The molecule has 2 aliphatic heterocycles. The maximum atomic E-state index is 13.2. The van der Waals surface area contributed by atoms with Crippen molar-refractivity contribution in [3.63, 3.8) is 0 Å². The minimum Gasteiger partial charge on any atom is -0.464 e. The first kappa shape index (κ1) is 16.6. The summed E-state index contributed by atoms with van der Waals surface area (Å²) in [7, 11) is 0. The zero-order chi connectivity index (χ0) is 17.9. The molecule has 5 atom stereocenters. The van der Waals surface area contributed by atoms with E-state index >= 15 is 0 Å². The summed E-state index contributed by atoms with van der Waals surface area (Å²) in [6.07, 6.45) is 3.06. The Morgan fingerprint density at radius 2 is 2.08 bits per heavy atom. The van der Waals surface area contributed by atoms with Gasteiger partial charge in [0.05, 0.1) is 18.2 Å². The van der Waals surface area contributed by atoms with E-state index in [1.165, 1.54) is 0 Å². The lowest BCUT2D eigenvalue weighted by atomic mass is 9.82. The number of esters is 1. The van der Waals surface area contributed by atoms with E-state index in [2.05, 4.69) is 10.1 Å². The van der Waals surface area contributed by atoms with Gasteiger partial charge in [-0.3, -0.25) is 4.90 Å². The van der Waals surface area contributed by atoms with Crippen molar-refractivity contribution in [1.29, 1.82) is 0 Å². The van der Waals surface area contributed by atoms with Gasteiger partial charge in [0, 0.05) is 5.02 Å². The van der Waals surface area contributed by atoms with Crippen LogP contribution in [0, 0.1) is 17.8 Å². The zero-order valence-electron chi connectivity index (χ0n) is 14.9. The summed E-state index contributed by atoms with van der Waals surface area (Å²) in [5, 5.41) is 5.15. The summed E-state index contributed by atoms with van der Waals surface area (Å²) < 4.78 is 5.57. The fraction of sp³-hybridized carbons (Fsp3) is 0.600. The average molecular weight is 375 g/mol. The first-order valence-corrected chi connectivity index (χ1v) is 9.97. The van der Waals surface area contributed by atoms with Gasteiger partial charge in [-0.25, -0.2) is 4.79 Å². The van der Waals surface area contributed by atoms with Crippen LogP contribution in [0.15, 0.2) is 29.4 Å². The van der Waals surface area contributed by atoms with Gasteiger partial charge in [0.2, 0.25) is 0 Å². The number of rotatable bonds is 4. The summed E-state index contributed by atoms with van der Waals surface area (Å²) in [5.74, 6) is 0.801. The number of halogens is 1. The van der Waals surface area contributed by atoms with Crippen LogP contribution in [0.3, 0.4) is 0 Å². The molecule has 138 valence electrons. The van der Waals surface area contributed by atoms with Crippen molar-refractivity contribution >= 4 is 23.3 Å². The van der Waals surface area contributed by atoms with Crippen LogP contribution in [-0.4, -0.2) is 47.9 Å². The molecule has 0 aromatic heterocycles. The summed E-state index contributed by atoms with van der Waals surface area (Å²) in [4.78, 5) is 21.5. The molecule has 0 amide bonds. The number of carbonyl (C=O) groups excluding carboxylic acids is 1. The highest BCUT2D eigenvalue weighted by atomic mass is 35.5. The third-order valence-electron chi connectivity index (χ3n) is 6.58. The van der Waals surface area contributed by atoms with Gasteiger partial charge in [0.15, 0.2) is 11.6 Å². The van der Waals surface area contributed by atoms with E-state index in [4.69, 9.17) is 21.2 Å². The summed E-state index contributed by atoms with van der Waals surface area (Å²) >= 11 is 6.04. The van der Waals surface area contributed by atoms with E-state index in [9.17, 15) is 4.79 Å². The lowest BCUT2D eigenvalue weighted by molar-refractivity contribution is -0.169. The van der Waals surface area contributed by atoms with E-state index in [1.807, 2.05) is 31.2 Å². The zero-order valence-corrected chi connectivity index (χ0v) is 15.6. The highest BCUT2D eigenvalue weighted by Crippen LogP contribution is 2.66. The summed E-state index contributed by atoms with van der Waals surface area (Å²) in [6.45, 7) is 4.14. The number of benzene rings is 1. The van der Waals surface area contributed by atoms with Crippen molar-refractivity contribution < 1.29 is 14.4 Å². The van der Waals surface area contributed by atoms with E-state index < -0.39 is 5.54 Å². The second kappa shape index (κ2) is 5.96. The number of fused-ring (bicyclic) bond motifs is 3. The molecule has 3 fully saturated rings. The highest BCUT2D eigenvalue weighted by molar-refractivity contribution is 6.30. The molecule has 2 saturated carbocycles. The number of hydrogen-bond acceptors (Lipinski definition) is 5. The van der Waals surface area contributed by atoms with Crippen molar-refractivity contribution in [1.82, 2.24) is 4.90 Å². The number of nitrogens with zero attached hydrogens (tertiary/aromatic N) is 2. The van der Waals surface area contributed by atoms with Crippen molar-refractivity contribution in [2.75, 3.05) is 19.7 Å². The molecule has 0 N–H and O–H groups in total. The van der Waals surface area contributed by atoms with Crippen molar-refractivity contribution in [3.8, 4) is 0 Å². The molecular formula is C20H23ClN2O3. The number of carbonyl (C=O) groups is 1. The van der Waals surface area contributed by atoms with Gasteiger partial charge >= 0.3 is 5.97 Å². The Balaban J connectivity index is 1.53. The van der Waals surface area contributed by atoms with Crippen LogP contribution in [0.4, 0.5) is 0 Å². The van der Waals surface area contributed by atoms with Crippen LogP contribution in [0.1, 0.15) is 31.7 Å². The Morgan fingerprint density at radius 3 is 2.77 bits per heavy atom. The van der Waals surface area contributed by atoms with Crippen LogP contribution >= 0.6 is 11.6 Å². The lowest BCUT2D eigenvalue weighted by Crippen LogP contribution is -2.62. The van der Waals surface area contributed by atoms with Crippen molar-refractivity contribution in [2.45, 2.75) is 37.8 Å². The fourth-order valence-corrected chi connectivity index (χ4v) is 5.63. The predicted molar refractivity (Wildman–Crippen MR) is 98.1 cm³/mol. The van der Waals surface area contributed by atoms with E-state index in [1.54, 1.807) is 0 Å². The van der Waals surface area contributed by atoms with Gasteiger partial charge in [0.1, 0.15) is 0 Å². The van der Waals surface area contributed by atoms with Gasteiger partial charge < -0.3 is 9.57 Å². The van der Waals surface area contributed by atoms with Crippen molar-refractivity contribution in [2.24, 2.45) is 22.9 Å². The molecule has 0 bridgehead atoms. The SMILES string of the molecule is CCOC(=O)[C@@]1(N2CCCC2)C2CC2C2C(c3ccc(Cl)cc3)=NOC21. The molecular weight excluding hydrogens is 352 g/mol. The molecule has 2 aliphatic carbocycles. The van der Waals surface area contributed by atoms with Crippen LogP contribution in [0.2, 0.25) is 5.02 Å². The Kier molecular flexibility index (Phi) is 3.80. The lowest BCUT2D eigenvalue weighted by Gasteiger charge is -2.41. The molecule has 0 spiro atoms. The molecule has 1 aromatic carbocycles. The maximum absolute atomic E-state index is 13.2. The van der Waals surface area contributed by atoms with Crippen LogP contribution in [0.25, 0.3) is 0 Å². The Bertz CT molecular complexity index is 759. The fourth-order valence-electron chi connectivity index (χ4n) is 5.50. The second-order valence-electron chi connectivity index (χ2n) is 7.78. The summed E-state index contributed by atoms with van der Waals surface area (Å²) in [6, 6.07) is 7.74. The number of hydrogen-bond donors (Lipinski definition) is 0. The van der Waals surface area contributed by atoms with Gasteiger partial charge in [-0.2, -0.15) is 0 Å². The number of ether oxygens (including phenoxy) is 1. The number of likely N-dealkylation sites (tertiary alicyclic amines) is 1. The Hall–Kier alpha value is -1.59. The second-order valence-corrected chi connectivity index (χ2v) is 8.22. The monoisotopic (exact) mass is 374 g/mol.